The Bertz CT molecular complexity index is 1170. The number of hydrogen-bond acceptors (Lipinski definition) is 10. The molecule has 0 aromatic heterocycles. The summed E-state index contributed by atoms with van der Waals surface area (Å²) in [6.07, 6.45) is -5.71. The molecule has 0 radical (unpaired) electrons. The molecule has 3 rings (SSSR count). The fourth-order valence-electron chi connectivity index (χ4n) is 4.86. The third-order valence-corrected chi connectivity index (χ3v) is 6.20. The van der Waals surface area contributed by atoms with Crippen LogP contribution in [0.1, 0.15) is 61.0 Å². The topological polar surface area (TPSA) is 130 Å². The molecule has 0 bridgehead atoms. The summed E-state index contributed by atoms with van der Waals surface area (Å²) in [5, 5.41) is 4.90. The minimum Gasteiger partial charge on any atom is -0.463 e. The first-order valence-electron chi connectivity index (χ1n) is 12.8. The first-order chi connectivity index (χ1) is 18.2. The van der Waals surface area contributed by atoms with Crippen LogP contribution in [-0.2, 0) is 42.9 Å². The number of azo groups is 2. The molecule has 0 spiro atoms. The molecule has 2 aliphatic rings. The smallest absolute Gasteiger partial charge is 0.303 e. The quantitative estimate of drug-likeness (QED) is 0.288. The number of benzene rings is 1. The number of nitrogens with zero attached hydrogens (tertiary/aromatic N) is 2. The Labute approximate surface area is 228 Å². The number of rotatable bonds is 7. The summed E-state index contributed by atoms with van der Waals surface area (Å²) in [6, 6.07) is 9.14. The van der Waals surface area contributed by atoms with E-state index < -0.39 is 66.0 Å². The summed E-state index contributed by atoms with van der Waals surface area (Å²) in [5.41, 5.74) is 1.84. The average Bonchev–Trinajstić information content (AvgIpc) is 3.17. The molecule has 0 saturated carbocycles. The van der Waals surface area contributed by atoms with Gasteiger partial charge < -0.3 is 23.7 Å². The van der Waals surface area contributed by atoms with Crippen LogP contribution in [0.5, 0.6) is 0 Å². The molecule has 1 unspecified atom stereocenters. The largest absolute Gasteiger partial charge is 0.463 e. The highest BCUT2D eigenvalue weighted by Gasteiger charge is 2.57. The van der Waals surface area contributed by atoms with Crippen molar-refractivity contribution in [3.05, 3.63) is 41.5 Å². The van der Waals surface area contributed by atoms with Crippen molar-refractivity contribution in [1.29, 1.82) is 0 Å². The van der Waals surface area contributed by atoms with Gasteiger partial charge in [0.1, 0.15) is 24.9 Å². The lowest BCUT2D eigenvalue weighted by atomic mass is 9.86. The van der Waals surface area contributed by atoms with Crippen LogP contribution in [0.15, 0.2) is 41.0 Å². The minimum atomic E-state index is -1.25. The van der Waals surface area contributed by atoms with Gasteiger partial charge in [0.05, 0.1) is 5.57 Å². The van der Waals surface area contributed by atoms with Crippen LogP contribution >= 0.6 is 0 Å². The molecule has 1 fully saturated rings. The van der Waals surface area contributed by atoms with E-state index in [1.165, 1.54) is 27.7 Å². The number of carbonyl (C=O) groups is 4. The molecule has 0 amide bonds. The average molecular weight is 546 g/mol. The molecule has 0 aliphatic carbocycles. The summed E-state index contributed by atoms with van der Waals surface area (Å²) in [4.78, 5) is 48.3. The van der Waals surface area contributed by atoms with Crippen molar-refractivity contribution in [2.45, 2.75) is 97.5 Å². The second-order valence-corrected chi connectivity index (χ2v) is 10.6. The van der Waals surface area contributed by atoms with Gasteiger partial charge in [-0.15, -0.1) is 0 Å². The zero-order chi connectivity index (χ0) is 29.1. The van der Waals surface area contributed by atoms with E-state index in [1.54, 1.807) is 0 Å². The van der Waals surface area contributed by atoms with Gasteiger partial charge in [0.15, 0.2) is 23.9 Å². The van der Waals surface area contributed by atoms with Crippen LogP contribution in [-0.4, -0.2) is 77.3 Å². The number of esters is 4. The van der Waals surface area contributed by atoms with Crippen LogP contribution in [0.25, 0.3) is 5.70 Å². The number of hydrogen-bond donors (Lipinski definition) is 0. The van der Waals surface area contributed by atoms with Crippen LogP contribution in [0, 0.1) is 0 Å². The number of ether oxygens (including phenoxy) is 5. The first-order valence-corrected chi connectivity index (χ1v) is 12.8. The third kappa shape index (κ3) is 7.08. The molecule has 11 heteroatoms. The lowest BCUT2D eigenvalue weighted by molar-refractivity contribution is -0.573. The molecule has 2 aliphatic heterocycles. The van der Waals surface area contributed by atoms with Crippen LogP contribution in [0.3, 0.4) is 0 Å². The SMILES string of the molecule is CC(=O)OC[C@H]1O[C@@H](C2=C(c3ccccc3)[N+](C(C)(C)C)=NC2C)[C@H](OC(C)=O)[C@@H](OC(C)=O)[C@@H]1OC(C)=O. The first kappa shape index (κ1) is 29.9. The molecule has 0 N–H and O–H groups in total. The summed E-state index contributed by atoms with van der Waals surface area (Å²) >= 11 is 0. The van der Waals surface area contributed by atoms with E-state index in [-0.39, 0.29) is 6.61 Å². The van der Waals surface area contributed by atoms with Crippen LogP contribution < -0.4 is 0 Å². The van der Waals surface area contributed by atoms with Gasteiger partial charge >= 0.3 is 23.9 Å². The van der Waals surface area contributed by atoms with E-state index >= 15 is 0 Å². The highest BCUT2D eigenvalue weighted by Crippen LogP contribution is 2.41. The molecular weight excluding hydrogens is 508 g/mol. The van der Waals surface area contributed by atoms with Gasteiger partial charge in [0, 0.05) is 54.0 Å². The van der Waals surface area contributed by atoms with E-state index in [0.717, 1.165) is 11.3 Å². The van der Waals surface area contributed by atoms with Crippen molar-refractivity contribution in [3.8, 4) is 0 Å². The number of carbonyl (C=O) groups excluding carboxylic acids is 4. The predicted octanol–water partition coefficient (Wildman–Crippen LogP) is 3.19. The second kappa shape index (κ2) is 12.1. The van der Waals surface area contributed by atoms with Gasteiger partial charge in [-0.2, -0.15) is 0 Å². The van der Waals surface area contributed by atoms with Gasteiger partial charge in [-0.25, -0.2) is 0 Å². The summed E-state index contributed by atoms with van der Waals surface area (Å²) in [6.45, 7) is 12.5. The Kier molecular flexibility index (Phi) is 9.26. The Morgan fingerprint density at radius 1 is 0.846 bits per heavy atom. The monoisotopic (exact) mass is 545 g/mol. The van der Waals surface area contributed by atoms with E-state index in [9.17, 15) is 19.2 Å². The molecule has 39 heavy (non-hydrogen) atoms. The summed E-state index contributed by atoms with van der Waals surface area (Å²) in [7, 11) is 0. The standard InChI is InChI=1S/C28H37N2O9/c1-15-22(23(20-12-10-9-11-13-20)30(29-15)28(6,7)8)25-27(38-19(5)34)26(37-18(4)33)24(36-17(3)32)21(39-25)14-35-16(2)31/h9-13,15,21,24-27H,14H2,1-8H3/q+1/t15?,21-,24-,25+,26+,27+/m1/s1. The van der Waals surface area contributed by atoms with Gasteiger partial charge in [0.25, 0.3) is 0 Å². The van der Waals surface area contributed by atoms with E-state index in [0.29, 0.717) is 5.57 Å². The maximum absolute atomic E-state index is 12.3. The van der Waals surface area contributed by atoms with E-state index in [2.05, 4.69) is 0 Å². The highest BCUT2D eigenvalue weighted by molar-refractivity contribution is 5.70. The molecule has 2 heterocycles. The lowest BCUT2D eigenvalue weighted by Crippen LogP contribution is -2.63. The summed E-state index contributed by atoms with van der Waals surface area (Å²) < 4.78 is 30.5. The molecule has 212 valence electrons. The Balaban J connectivity index is 2.27. The van der Waals surface area contributed by atoms with Crippen molar-refractivity contribution in [1.82, 2.24) is 0 Å². The predicted molar refractivity (Wildman–Crippen MR) is 137 cm³/mol. The van der Waals surface area contributed by atoms with Crippen molar-refractivity contribution in [2.75, 3.05) is 6.61 Å². The minimum absolute atomic E-state index is 0.295. The fraction of sp³-hybridized carbons (Fsp3) is 0.571. The summed E-state index contributed by atoms with van der Waals surface area (Å²) in [5.74, 6) is -2.59. The third-order valence-electron chi connectivity index (χ3n) is 6.20. The molecule has 1 saturated heterocycles. The molecule has 6 atom stereocenters. The molecule has 1 aromatic rings. The Morgan fingerprint density at radius 2 is 1.38 bits per heavy atom. The maximum Gasteiger partial charge on any atom is 0.303 e. The zero-order valence-corrected chi connectivity index (χ0v) is 23.6. The Morgan fingerprint density at radius 3 is 1.90 bits per heavy atom. The van der Waals surface area contributed by atoms with Gasteiger partial charge in [-0.3, -0.25) is 19.2 Å². The molecular formula is C28H37N2O9+. The van der Waals surface area contributed by atoms with Crippen molar-refractivity contribution in [2.24, 2.45) is 5.11 Å². The normalized spacial score (nSPS) is 26.9. The Hall–Kier alpha value is -3.60. The highest BCUT2D eigenvalue weighted by atomic mass is 16.7. The molecule has 11 nitrogen and oxygen atoms in total. The van der Waals surface area contributed by atoms with E-state index in [1.807, 2.05) is 62.7 Å². The second-order valence-electron chi connectivity index (χ2n) is 10.6. The van der Waals surface area contributed by atoms with E-state index in [4.69, 9.17) is 28.8 Å². The maximum atomic E-state index is 12.3. The fourth-order valence-corrected chi connectivity index (χ4v) is 4.86. The zero-order valence-electron chi connectivity index (χ0n) is 23.6. The lowest BCUT2D eigenvalue weighted by Gasteiger charge is -2.44. The van der Waals surface area contributed by atoms with Gasteiger partial charge in [0.2, 0.25) is 5.70 Å². The van der Waals surface area contributed by atoms with Crippen LogP contribution in [0.4, 0.5) is 0 Å². The van der Waals surface area contributed by atoms with Crippen molar-refractivity contribution >= 4 is 29.6 Å². The van der Waals surface area contributed by atoms with Gasteiger partial charge in [-0.1, -0.05) is 22.9 Å². The van der Waals surface area contributed by atoms with Crippen molar-refractivity contribution in [3.63, 3.8) is 0 Å². The van der Waals surface area contributed by atoms with Crippen LogP contribution in [0.2, 0.25) is 0 Å². The molecule has 1 aromatic carbocycles. The van der Waals surface area contributed by atoms with Gasteiger partial charge in [-0.05, 0) is 24.2 Å². The van der Waals surface area contributed by atoms with Crippen molar-refractivity contribution < 1.29 is 47.6 Å².